The molecule has 0 aliphatic carbocycles. The fraction of sp³-hybridized carbons (Fsp3) is 0.214. The van der Waals surface area contributed by atoms with Crippen LogP contribution in [0.4, 0.5) is 0 Å². The smallest absolute Gasteiger partial charge is 0.202 e. The molecule has 0 saturated heterocycles. The van der Waals surface area contributed by atoms with Crippen molar-refractivity contribution in [3.05, 3.63) is 50.1 Å². The number of hydrogen-bond donors (Lipinski definition) is 0. The second-order valence-corrected chi connectivity index (χ2v) is 6.67. The van der Waals surface area contributed by atoms with Gasteiger partial charge in [0.2, 0.25) is 5.78 Å². The average molecular weight is 323 g/mol. The molecular weight excluding hydrogens is 312 g/mol. The van der Waals surface area contributed by atoms with Gasteiger partial charge in [0.15, 0.2) is 0 Å². The van der Waals surface area contributed by atoms with Crippen LogP contribution < -0.4 is 4.74 Å². The van der Waals surface area contributed by atoms with Gasteiger partial charge in [0, 0.05) is 5.56 Å². The molecule has 0 radical (unpaired) electrons. The van der Waals surface area contributed by atoms with Gasteiger partial charge in [-0.2, -0.15) is 0 Å². The molecule has 1 aromatic carbocycles. The van der Waals surface area contributed by atoms with E-state index in [1.807, 2.05) is 30.3 Å². The Hall–Kier alpha value is -1.13. The van der Waals surface area contributed by atoms with Gasteiger partial charge in [-0.25, -0.2) is 0 Å². The fourth-order valence-corrected chi connectivity index (χ4v) is 3.43. The number of halogens is 1. The Bertz CT molecular complexity index is 604. The summed E-state index contributed by atoms with van der Waals surface area (Å²) >= 11 is 4.84. The Labute approximate surface area is 118 Å². The first-order chi connectivity index (χ1) is 8.74. The molecular formula is C14H11BrO2S. The van der Waals surface area contributed by atoms with E-state index in [4.69, 9.17) is 4.74 Å². The van der Waals surface area contributed by atoms with Crippen molar-refractivity contribution in [1.82, 2.24) is 0 Å². The predicted octanol–water partition coefficient (Wildman–Crippen LogP) is 4.07. The van der Waals surface area contributed by atoms with E-state index < -0.39 is 0 Å². The normalized spacial score (nSPS) is 13.8. The van der Waals surface area contributed by atoms with Crippen molar-refractivity contribution >= 4 is 33.0 Å². The molecule has 2 aromatic rings. The number of fused-ring (bicyclic) bond motifs is 1. The lowest BCUT2D eigenvalue weighted by Gasteiger charge is -2.17. The largest absolute Gasteiger partial charge is 0.493 e. The minimum Gasteiger partial charge on any atom is -0.493 e. The fourth-order valence-electron chi connectivity index (χ4n) is 2.08. The summed E-state index contributed by atoms with van der Waals surface area (Å²) in [5.74, 6) is 1.00. The second-order valence-electron chi connectivity index (χ2n) is 4.21. The quantitative estimate of drug-likeness (QED) is 0.779. The van der Waals surface area contributed by atoms with E-state index in [9.17, 15) is 4.79 Å². The highest BCUT2D eigenvalue weighted by Gasteiger charge is 2.16. The van der Waals surface area contributed by atoms with Crippen molar-refractivity contribution in [3.63, 3.8) is 0 Å². The summed E-state index contributed by atoms with van der Waals surface area (Å²) in [5, 5.41) is 0. The van der Waals surface area contributed by atoms with Crippen molar-refractivity contribution in [1.29, 1.82) is 0 Å². The number of ether oxygens (including phenoxy) is 1. The molecule has 2 heterocycles. The van der Waals surface area contributed by atoms with Gasteiger partial charge in [-0.1, -0.05) is 0 Å². The summed E-state index contributed by atoms with van der Waals surface area (Å²) in [6.07, 6.45) is 2.01. The molecule has 1 aliphatic rings. The molecule has 2 nitrogen and oxygen atoms in total. The van der Waals surface area contributed by atoms with E-state index in [1.165, 1.54) is 11.3 Å². The molecule has 0 fully saturated rings. The first-order valence-corrected chi connectivity index (χ1v) is 7.41. The van der Waals surface area contributed by atoms with Crippen molar-refractivity contribution in [2.24, 2.45) is 0 Å². The molecule has 18 heavy (non-hydrogen) atoms. The summed E-state index contributed by atoms with van der Waals surface area (Å²) in [6.45, 7) is 0.776. The van der Waals surface area contributed by atoms with Gasteiger partial charge in [-0.05, 0) is 64.7 Å². The van der Waals surface area contributed by atoms with Crippen LogP contribution in [0.2, 0.25) is 0 Å². The first-order valence-electron chi connectivity index (χ1n) is 5.80. The van der Waals surface area contributed by atoms with Crippen LogP contribution in [0, 0.1) is 0 Å². The van der Waals surface area contributed by atoms with E-state index in [2.05, 4.69) is 15.9 Å². The number of hydrogen-bond acceptors (Lipinski definition) is 3. The monoisotopic (exact) mass is 322 g/mol. The Morgan fingerprint density at radius 3 is 2.94 bits per heavy atom. The van der Waals surface area contributed by atoms with Crippen molar-refractivity contribution < 1.29 is 9.53 Å². The van der Waals surface area contributed by atoms with Crippen molar-refractivity contribution in [3.8, 4) is 5.75 Å². The molecule has 0 amide bonds. The SMILES string of the molecule is O=C(c1ccc2c(c1)CCCO2)c1ccc(Br)s1. The summed E-state index contributed by atoms with van der Waals surface area (Å²) in [7, 11) is 0. The third-order valence-corrected chi connectivity index (χ3v) is 4.59. The molecule has 1 aliphatic heterocycles. The van der Waals surface area contributed by atoms with Gasteiger partial charge < -0.3 is 4.74 Å². The van der Waals surface area contributed by atoms with E-state index in [1.54, 1.807) is 0 Å². The van der Waals surface area contributed by atoms with Crippen LogP contribution in [0.5, 0.6) is 5.75 Å². The topological polar surface area (TPSA) is 26.3 Å². The van der Waals surface area contributed by atoms with Crippen LogP contribution in [-0.4, -0.2) is 12.4 Å². The van der Waals surface area contributed by atoms with E-state index in [0.29, 0.717) is 0 Å². The highest BCUT2D eigenvalue weighted by molar-refractivity contribution is 9.11. The van der Waals surface area contributed by atoms with Crippen LogP contribution in [0.1, 0.15) is 27.2 Å². The lowest BCUT2D eigenvalue weighted by molar-refractivity contribution is 0.104. The Balaban J connectivity index is 1.95. The highest BCUT2D eigenvalue weighted by Crippen LogP contribution is 2.28. The number of rotatable bonds is 2. The van der Waals surface area contributed by atoms with E-state index in [-0.39, 0.29) is 5.78 Å². The van der Waals surface area contributed by atoms with Crippen LogP contribution in [0.15, 0.2) is 34.1 Å². The minimum absolute atomic E-state index is 0.0825. The zero-order valence-corrected chi connectivity index (χ0v) is 12.0. The number of aryl methyl sites for hydroxylation is 1. The van der Waals surface area contributed by atoms with Gasteiger partial charge >= 0.3 is 0 Å². The highest BCUT2D eigenvalue weighted by atomic mass is 79.9. The number of carbonyl (C=O) groups excluding carboxylic acids is 1. The molecule has 0 atom stereocenters. The zero-order valence-electron chi connectivity index (χ0n) is 9.61. The third kappa shape index (κ3) is 2.22. The van der Waals surface area contributed by atoms with Crippen molar-refractivity contribution in [2.45, 2.75) is 12.8 Å². The molecule has 0 bridgehead atoms. The second kappa shape index (κ2) is 4.86. The van der Waals surface area contributed by atoms with Gasteiger partial charge in [0.05, 0.1) is 15.3 Å². The van der Waals surface area contributed by atoms with Gasteiger partial charge in [-0.15, -0.1) is 11.3 Å². The molecule has 0 spiro atoms. The van der Waals surface area contributed by atoms with Crippen LogP contribution in [0.3, 0.4) is 0 Å². The molecule has 4 heteroatoms. The van der Waals surface area contributed by atoms with Crippen molar-refractivity contribution in [2.75, 3.05) is 6.61 Å². The van der Waals surface area contributed by atoms with Crippen LogP contribution in [-0.2, 0) is 6.42 Å². The van der Waals surface area contributed by atoms with E-state index >= 15 is 0 Å². The summed E-state index contributed by atoms with van der Waals surface area (Å²) in [6, 6.07) is 9.47. The van der Waals surface area contributed by atoms with Gasteiger partial charge in [0.25, 0.3) is 0 Å². The van der Waals surface area contributed by atoms with E-state index in [0.717, 1.165) is 45.0 Å². The zero-order chi connectivity index (χ0) is 12.5. The maximum absolute atomic E-state index is 12.3. The molecule has 3 rings (SSSR count). The Morgan fingerprint density at radius 2 is 2.17 bits per heavy atom. The van der Waals surface area contributed by atoms with Gasteiger partial charge in [-0.3, -0.25) is 4.79 Å². The lowest BCUT2D eigenvalue weighted by Crippen LogP contribution is -2.09. The standard InChI is InChI=1S/C14H11BrO2S/c15-13-6-5-12(18-13)14(16)10-3-4-11-9(8-10)2-1-7-17-11/h3-6,8H,1-2,7H2. The number of benzene rings is 1. The first kappa shape index (κ1) is 11.9. The molecule has 92 valence electrons. The summed E-state index contributed by atoms with van der Waals surface area (Å²) < 4.78 is 6.53. The Kier molecular flexibility index (Phi) is 3.22. The Morgan fingerprint density at radius 1 is 1.28 bits per heavy atom. The predicted molar refractivity (Wildman–Crippen MR) is 75.7 cm³/mol. The van der Waals surface area contributed by atoms with Crippen LogP contribution in [0.25, 0.3) is 0 Å². The van der Waals surface area contributed by atoms with Gasteiger partial charge in [0.1, 0.15) is 5.75 Å². The maximum Gasteiger partial charge on any atom is 0.202 e. The summed E-state index contributed by atoms with van der Waals surface area (Å²) in [4.78, 5) is 13.1. The number of thiophene rings is 1. The third-order valence-electron chi connectivity index (χ3n) is 2.97. The molecule has 0 saturated carbocycles. The number of carbonyl (C=O) groups is 1. The molecule has 0 N–H and O–H groups in total. The summed E-state index contributed by atoms with van der Waals surface area (Å²) in [5.41, 5.74) is 1.89. The lowest BCUT2D eigenvalue weighted by atomic mass is 10.0. The minimum atomic E-state index is 0.0825. The van der Waals surface area contributed by atoms with Crippen LogP contribution >= 0.6 is 27.3 Å². The average Bonchev–Trinajstić information content (AvgIpc) is 2.84. The maximum atomic E-state index is 12.3. The molecule has 0 unspecified atom stereocenters. The molecule has 1 aromatic heterocycles. The number of ketones is 1.